The van der Waals surface area contributed by atoms with Gasteiger partial charge in [-0.15, -0.1) is 0 Å². The second-order valence-corrected chi connectivity index (χ2v) is 9.57. The van der Waals surface area contributed by atoms with Crippen molar-refractivity contribution in [2.75, 3.05) is 19.0 Å². The molecular weight excluding hydrogens is 492 g/mol. The molecule has 0 aromatic heterocycles. The zero-order chi connectivity index (χ0) is 25.4. The standard InChI is InChI=1S/C25H25ClN2O6S/c1-3-34-23-14-13-20(16-21(23)26)35(31,32)28-22(15-17-7-5-4-6-8-17)24(29)27-19-11-9-18(10-12-19)25(30)33-2/h4-14,16,22,28H,3,15H2,1-2H3,(H,27,29)/t22-/m0/s1. The highest BCUT2D eigenvalue weighted by Crippen LogP contribution is 2.27. The summed E-state index contributed by atoms with van der Waals surface area (Å²) in [5.74, 6) is -0.714. The number of ether oxygens (including phenoxy) is 2. The normalized spacial score (nSPS) is 12.0. The molecule has 0 fully saturated rings. The van der Waals surface area contributed by atoms with E-state index in [1.807, 2.05) is 6.07 Å². The van der Waals surface area contributed by atoms with Crippen LogP contribution < -0.4 is 14.8 Å². The van der Waals surface area contributed by atoms with E-state index in [2.05, 4.69) is 14.8 Å². The first-order valence-electron chi connectivity index (χ1n) is 10.7. The van der Waals surface area contributed by atoms with Gasteiger partial charge in [-0.05, 0) is 61.4 Å². The SMILES string of the molecule is CCOc1ccc(S(=O)(=O)N[C@@H](Cc2ccccc2)C(=O)Nc2ccc(C(=O)OC)cc2)cc1Cl. The molecule has 3 rings (SSSR count). The summed E-state index contributed by atoms with van der Waals surface area (Å²) in [4.78, 5) is 24.7. The Balaban J connectivity index is 1.84. The molecule has 8 nitrogen and oxygen atoms in total. The summed E-state index contributed by atoms with van der Waals surface area (Å²) in [6.45, 7) is 2.17. The van der Waals surface area contributed by atoms with Gasteiger partial charge in [0.1, 0.15) is 11.8 Å². The second kappa shape index (κ2) is 11.8. The Labute approximate surface area is 209 Å². The predicted molar refractivity (Wildman–Crippen MR) is 133 cm³/mol. The Morgan fingerprint density at radius 1 is 1.00 bits per heavy atom. The number of esters is 1. The Morgan fingerprint density at radius 3 is 2.29 bits per heavy atom. The van der Waals surface area contributed by atoms with Crippen molar-refractivity contribution in [3.63, 3.8) is 0 Å². The lowest BCUT2D eigenvalue weighted by Gasteiger charge is -2.19. The molecule has 0 spiro atoms. The van der Waals surface area contributed by atoms with Crippen LogP contribution in [0.15, 0.2) is 77.7 Å². The van der Waals surface area contributed by atoms with E-state index in [1.165, 1.54) is 49.6 Å². The molecule has 10 heteroatoms. The Hall–Kier alpha value is -3.40. The van der Waals surface area contributed by atoms with Gasteiger partial charge >= 0.3 is 5.97 Å². The van der Waals surface area contributed by atoms with Crippen molar-refractivity contribution in [1.29, 1.82) is 0 Å². The molecule has 3 aromatic rings. The number of anilines is 1. The van der Waals surface area contributed by atoms with Gasteiger partial charge in [0.05, 0.1) is 29.2 Å². The fourth-order valence-corrected chi connectivity index (χ4v) is 4.77. The fourth-order valence-electron chi connectivity index (χ4n) is 3.25. The maximum Gasteiger partial charge on any atom is 0.337 e. The maximum absolute atomic E-state index is 13.1. The number of carbonyl (C=O) groups excluding carboxylic acids is 2. The summed E-state index contributed by atoms with van der Waals surface area (Å²) in [6, 6.07) is 18.1. The smallest absolute Gasteiger partial charge is 0.337 e. The van der Waals surface area contributed by atoms with Crippen LogP contribution in [-0.2, 0) is 26.0 Å². The largest absolute Gasteiger partial charge is 0.492 e. The molecule has 0 aliphatic rings. The van der Waals surface area contributed by atoms with Gasteiger partial charge in [-0.25, -0.2) is 13.2 Å². The third kappa shape index (κ3) is 7.05. The number of nitrogens with one attached hydrogen (secondary N) is 2. The monoisotopic (exact) mass is 516 g/mol. The van der Waals surface area contributed by atoms with Crippen LogP contribution in [0.4, 0.5) is 5.69 Å². The van der Waals surface area contributed by atoms with Gasteiger partial charge in [0.15, 0.2) is 0 Å². The molecule has 0 radical (unpaired) electrons. The van der Waals surface area contributed by atoms with Crippen LogP contribution in [0.1, 0.15) is 22.8 Å². The molecule has 0 saturated heterocycles. The average Bonchev–Trinajstić information content (AvgIpc) is 2.85. The number of hydrogen-bond donors (Lipinski definition) is 2. The molecule has 1 amide bonds. The van der Waals surface area contributed by atoms with E-state index in [1.54, 1.807) is 31.2 Å². The number of amides is 1. The number of hydrogen-bond acceptors (Lipinski definition) is 6. The first-order valence-corrected chi connectivity index (χ1v) is 12.6. The quantitative estimate of drug-likeness (QED) is 0.393. The molecule has 3 aromatic carbocycles. The van der Waals surface area contributed by atoms with Gasteiger partial charge in [-0.3, -0.25) is 4.79 Å². The van der Waals surface area contributed by atoms with E-state index in [0.29, 0.717) is 23.6 Å². The van der Waals surface area contributed by atoms with Crippen molar-refractivity contribution in [3.05, 3.63) is 88.9 Å². The molecule has 2 N–H and O–H groups in total. The number of methoxy groups -OCH3 is 1. The zero-order valence-corrected chi connectivity index (χ0v) is 20.7. The highest BCUT2D eigenvalue weighted by molar-refractivity contribution is 7.89. The van der Waals surface area contributed by atoms with Gasteiger partial charge in [0.25, 0.3) is 0 Å². The lowest BCUT2D eigenvalue weighted by molar-refractivity contribution is -0.117. The van der Waals surface area contributed by atoms with Crippen LogP contribution in [0.3, 0.4) is 0 Å². The van der Waals surface area contributed by atoms with Crippen LogP contribution >= 0.6 is 11.6 Å². The van der Waals surface area contributed by atoms with Crippen LogP contribution in [-0.4, -0.2) is 40.1 Å². The van der Waals surface area contributed by atoms with E-state index in [0.717, 1.165) is 5.56 Å². The Bertz CT molecular complexity index is 1280. The van der Waals surface area contributed by atoms with Crippen molar-refractivity contribution >= 4 is 39.2 Å². The summed E-state index contributed by atoms with van der Waals surface area (Å²) < 4.78 is 38.8. The third-order valence-electron chi connectivity index (χ3n) is 4.98. The molecule has 35 heavy (non-hydrogen) atoms. The molecule has 0 bridgehead atoms. The van der Waals surface area contributed by atoms with Crippen molar-refractivity contribution in [2.24, 2.45) is 0 Å². The van der Waals surface area contributed by atoms with Gasteiger partial charge < -0.3 is 14.8 Å². The molecule has 0 saturated carbocycles. The number of carbonyl (C=O) groups is 2. The van der Waals surface area contributed by atoms with E-state index in [-0.39, 0.29) is 16.3 Å². The van der Waals surface area contributed by atoms with Crippen LogP contribution in [0.25, 0.3) is 0 Å². The van der Waals surface area contributed by atoms with Crippen LogP contribution in [0.5, 0.6) is 5.75 Å². The predicted octanol–water partition coefficient (Wildman–Crippen LogP) is 4.05. The summed E-state index contributed by atoms with van der Waals surface area (Å²) in [5, 5.41) is 2.84. The van der Waals surface area contributed by atoms with E-state index in [9.17, 15) is 18.0 Å². The minimum Gasteiger partial charge on any atom is -0.492 e. The van der Waals surface area contributed by atoms with Crippen LogP contribution in [0.2, 0.25) is 5.02 Å². The number of halogens is 1. The second-order valence-electron chi connectivity index (χ2n) is 7.45. The van der Waals surface area contributed by atoms with Crippen LogP contribution in [0, 0.1) is 0 Å². The molecular formula is C25H25ClN2O6S. The Morgan fingerprint density at radius 2 is 1.69 bits per heavy atom. The molecule has 184 valence electrons. The summed E-state index contributed by atoms with van der Waals surface area (Å²) in [6.07, 6.45) is 0.108. The van der Waals surface area contributed by atoms with Gasteiger partial charge in [-0.1, -0.05) is 41.9 Å². The third-order valence-corrected chi connectivity index (χ3v) is 6.75. The molecule has 1 atom stereocenters. The van der Waals surface area contributed by atoms with Crippen molar-refractivity contribution < 1.29 is 27.5 Å². The average molecular weight is 517 g/mol. The van der Waals surface area contributed by atoms with E-state index in [4.69, 9.17) is 16.3 Å². The lowest BCUT2D eigenvalue weighted by atomic mass is 10.1. The minimum absolute atomic E-state index is 0.0979. The van der Waals surface area contributed by atoms with Gasteiger partial charge in [0, 0.05) is 5.69 Å². The lowest BCUT2D eigenvalue weighted by Crippen LogP contribution is -2.45. The zero-order valence-electron chi connectivity index (χ0n) is 19.2. The van der Waals surface area contributed by atoms with E-state index < -0.39 is 27.9 Å². The highest BCUT2D eigenvalue weighted by atomic mass is 35.5. The minimum atomic E-state index is -4.10. The topological polar surface area (TPSA) is 111 Å². The van der Waals surface area contributed by atoms with E-state index >= 15 is 0 Å². The molecule has 0 heterocycles. The fraction of sp³-hybridized carbons (Fsp3) is 0.200. The first kappa shape index (κ1) is 26.2. The molecule has 0 unspecified atom stereocenters. The van der Waals surface area contributed by atoms with Crippen molar-refractivity contribution in [3.8, 4) is 5.75 Å². The molecule has 0 aliphatic heterocycles. The Kier molecular flexibility index (Phi) is 8.86. The highest BCUT2D eigenvalue weighted by Gasteiger charge is 2.27. The van der Waals surface area contributed by atoms with Gasteiger partial charge in [0.2, 0.25) is 15.9 Å². The number of sulfonamides is 1. The van der Waals surface area contributed by atoms with Crippen molar-refractivity contribution in [1.82, 2.24) is 4.72 Å². The van der Waals surface area contributed by atoms with Gasteiger partial charge in [-0.2, -0.15) is 4.72 Å². The van der Waals surface area contributed by atoms with Crippen molar-refractivity contribution in [2.45, 2.75) is 24.3 Å². The number of rotatable bonds is 10. The summed E-state index contributed by atoms with van der Waals surface area (Å²) in [7, 11) is -2.83. The summed E-state index contributed by atoms with van der Waals surface area (Å²) in [5.41, 5.74) is 1.48. The summed E-state index contributed by atoms with van der Waals surface area (Å²) >= 11 is 6.17. The number of benzene rings is 3. The maximum atomic E-state index is 13.1. The first-order chi connectivity index (χ1) is 16.7. The molecule has 0 aliphatic carbocycles.